The van der Waals surface area contributed by atoms with Gasteiger partial charge in [0.05, 0.1) is 5.69 Å². The maximum atomic E-state index is 13.5. The molecule has 25 heavy (non-hydrogen) atoms. The molecule has 0 heterocycles. The van der Waals surface area contributed by atoms with Crippen molar-refractivity contribution < 1.29 is 13.9 Å². The average Bonchev–Trinajstić information content (AvgIpc) is 2.58. The molecule has 0 bridgehead atoms. The molecule has 3 N–H and O–H groups in total. The second kappa shape index (κ2) is 8.43. The Bertz CT molecular complexity index is 783. The number of anilines is 1. The number of benzene rings is 2. The van der Waals surface area contributed by atoms with Crippen molar-refractivity contribution >= 4 is 28.9 Å². The number of para-hydroxylation sites is 1. The third kappa shape index (κ3) is 5.15. The van der Waals surface area contributed by atoms with E-state index in [9.17, 15) is 9.18 Å². The normalized spacial score (nSPS) is 11.4. The molecule has 2 aromatic rings. The van der Waals surface area contributed by atoms with Crippen LogP contribution in [-0.2, 0) is 4.79 Å². The van der Waals surface area contributed by atoms with Crippen molar-refractivity contribution in [1.82, 2.24) is 10.9 Å². The van der Waals surface area contributed by atoms with Gasteiger partial charge in [0.2, 0.25) is 0 Å². The minimum absolute atomic E-state index is 0.0670. The van der Waals surface area contributed by atoms with Gasteiger partial charge in [-0.25, -0.2) is 4.39 Å². The first kappa shape index (κ1) is 18.7. The molecule has 2 aromatic carbocycles. The molecule has 0 aliphatic carbocycles. The van der Waals surface area contributed by atoms with Crippen LogP contribution >= 0.6 is 12.2 Å². The molecule has 0 radical (unpaired) electrons. The summed E-state index contributed by atoms with van der Waals surface area (Å²) in [6.45, 7) is 5.54. The Labute approximate surface area is 151 Å². The molecule has 1 atom stereocenters. The number of amides is 1. The van der Waals surface area contributed by atoms with Gasteiger partial charge in [0.1, 0.15) is 11.6 Å². The van der Waals surface area contributed by atoms with E-state index in [2.05, 4.69) is 16.2 Å². The molecule has 0 aliphatic heterocycles. The Morgan fingerprint density at radius 3 is 2.56 bits per heavy atom. The molecule has 1 amide bonds. The Balaban J connectivity index is 1.86. The first-order chi connectivity index (χ1) is 11.9. The number of hydrazine groups is 1. The molecule has 7 heteroatoms. The van der Waals surface area contributed by atoms with Crippen LogP contribution in [0.3, 0.4) is 0 Å². The van der Waals surface area contributed by atoms with E-state index in [1.807, 2.05) is 32.0 Å². The van der Waals surface area contributed by atoms with Crippen LogP contribution in [-0.4, -0.2) is 17.1 Å². The van der Waals surface area contributed by atoms with Gasteiger partial charge in [-0.2, -0.15) is 0 Å². The van der Waals surface area contributed by atoms with Crippen LogP contribution in [0.25, 0.3) is 0 Å². The van der Waals surface area contributed by atoms with Gasteiger partial charge in [0.25, 0.3) is 5.91 Å². The third-order valence-electron chi connectivity index (χ3n) is 3.65. The predicted octanol–water partition coefficient (Wildman–Crippen LogP) is 3.23. The van der Waals surface area contributed by atoms with Crippen LogP contribution in [0.5, 0.6) is 5.75 Å². The molecule has 0 aliphatic rings. The lowest BCUT2D eigenvalue weighted by atomic mass is 10.1. The van der Waals surface area contributed by atoms with E-state index >= 15 is 0 Å². The molecule has 0 fully saturated rings. The summed E-state index contributed by atoms with van der Waals surface area (Å²) in [5.41, 5.74) is 7.24. The zero-order chi connectivity index (χ0) is 18.4. The van der Waals surface area contributed by atoms with Crippen LogP contribution in [0.1, 0.15) is 18.1 Å². The predicted molar refractivity (Wildman–Crippen MR) is 99.9 cm³/mol. The number of thiocarbonyl (C=S) groups is 1. The molecule has 0 saturated carbocycles. The second-order valence-corrected chi connectivity index (χ2v) is 5.91. The van der Waals surface area contributed by atoms with E-state index in [-0.39, 0.29) is 10.8 Å². The second-order valence-electron chi connectivity index (χ2n) is 5.51. The van der Waals surface area contributed by atoms with Crippen molar-refractivity contribution in [3.05, 3.63) is 59.4 Å². The lowest BCUT2D eigenvalue weighted by Crippen LogP contribution is -2.48. The Morgan fingerprint density at radius 2 is 1.84 bits per heavy atom. The molecule has 5 nitrogen and oxygen atoms in total. The Kier molecular flexibility index (Phi) is 6.30. The quantitative estimate of drug-likeness (QED) is 0.576. The van der Waals surface area contributed by atoms with E-state index in [0.29, 0.717) is 5.75 Å². The van der Waals surface area contributed by atoms with E-state index in [0.717, 1.165) is 11.1 Å². The number of ether oxygens (including phenoxy) is 1. The molecule has 0 spiro atoms. The number of hydrogen-bond acceptors (Lipinski definition) is 3. The highest BCUT2D eigenvalue weighted by molar-refractivity contribution is 7.80. The van der Waals surface area contributed by atoms with Gasteiger partial charge < -0.3 is 10.1 Å². The molecular formula is C18H20FN3O2S. The SMILES string of the molecule is Cc1cccc(O[C@H](C)C(=O)NNC(=S)Nc2ccccc2F)c1C. The van der Waals surface area contributed by atoms with Crippen molar-refractivity contribution in [3.8, 4) is 5.75 Å². The van der Waals surface area contributed by atoms with Crippen molar-refractivity contribution in [2.45, 2.75) is 26.9 Å². The summed E-state index contributed by atoms with van der Waals surface area (Å²) in [5.74, 6) is -0.196. The smallest absolute Gasteiger partial charge is 0.279 e. The largest absolute Gasteiger partial charge is 0.481 e. The standard InChI is InChI=1S/C18H20FN3O2S/c1-11-7-6-10-16(12(11)2)24-13(3)17(23)21-22-18(25)20-15-9-5-4-8-14(15)19/h4-10,13H,1-3H3,(H,21,23)(H2,20,22,25)/t13-/m1/s1. The Hall–Kier alpha value is -2.67. The van der Waals surface area contributed by atoms with Crippen LogP contribution in [0.4, 0.5) is 10.1 Å². The fraction of sp³-hybridized carbons (Fsp3) is 0.222. The Morgan fingerprint density at radius 1 is 1.12 bits per heavy atom. The number of nitrogens with one attached hydrogen (secondary N) is 3. The summed E-state index contributed by atoms with van der Waals surface area (Å²) < 4.78 is 19.2. The fourth-order valence-corrected chi connectivity index (χ4v) is 2.19. The third-order valence-corrected chi connectivity index (χ3v) is 3.85. The number of carbonyl (C=O) groups is 1. The highest BCUT2D eigenvalue weighted by atomic mass is 32.1. The summed E-state index contributed by atoms with van der Waals surface area (Å²) in [5, 5.41) is 2.73. The zero-order valence-electron chi connectivity index (χ0n) is 14.2. The van der Waals surface area contributed by atoms with Gasteiger partial charge >= 0.3 is 0 Å². The van der Waals surface area contributed by atoms with E-state index in [4.69, 9.17) is 17.0 Å². The van der Waals surface area contributed by atoms with Gasteiger partial charge in [-0.3, -0.25) is 15.6 Å². The number of carbonyl (C=O) groups excluding carboxylic acids is 1. The maximum Gasteiger partial charge on any atom is 0.279 e. The van der Waals surface area contributed by atoms with E-state index in [1.165, 1.54) is 12.1 Å². The van der Waals surface area contributed by atoms with Gasteiger partial charge in [-0.15, -0.1) is 0 Å². The minimum atomic E-state index is -0.732. The highest BCUT2D eigenvalue weighted by Gasteiger charge is 2.16. The van der Waals surface area contributed by atoms with E-state index < -0.39 is 17.8 Å². The van der Waals surface area contributed by atoms with Crippen molar-refractivity contribution in [2.24, 2.45) is 0 Å². The maximum absolute atomic E-state index is 13.5. The average molecular weight is 361 g/mol. The molecular weight excluding hydrogens is 341 g/mol. The monoisotopic (exact) mass is 361 g/mol. The molecule has 2 rings (SSSR count). The van der Waals surface area contributed by atoms with Crippen LogP contribution < -0.4 is 20.9 Å². The van der Waals surface area contributed by atoms with E-state index in [1.54, 1.807) is 19.1 Å². The number of halogens is 1. The highest BCUT2D eigenvalue weighted by Crippen LogP contribution is 2.21. The van der Waals surface area contributed by atoms with Gasteiger partial charge in [-0.1, -0.05) is 24.3 Å². The number of hydrogen-bond donors (Lipinski definition) is 3. The number of rotatable bonds is 4. The first-order valence-electron chi connectivity index (χ1n) is 7.72. The zero-order valence-corrected chi connectivity index (χ0v) is 15.0. The molecule has 0 unspecified atom stereocenters. The van der Waals surface area contributed by atoms with Crippen molar-refractivity contribution in [2.75, 3.05) is 5.32 Å². The summed E-state index contributed by atoms with van der Waals surface area (Å²) >= 11 is 5.02. The van der Waals surface area contributed by atoms with Crippen molar-refractivity contribution in [3.63, 3.8) is 0 Å². The fourth-order valence-electron chi connectivity index (χ4n) is 2.03. The number of aryl methyl sites for hydroxylation is 1. The summed E-state index contributed by atoms with van der Waals surface area (Å²) in [4.78, 5) is 12.1. The van der Waals surface area contributed by atoms with Crippen LogP contribution in [0.2, 0.25) is 0 Å². The lowest BCUT2D eigenvalue weighted by Gasteiger charge is -2.18. The van der Waals surface area contributed by atoms with Gasteiger partial charge in [-0.05, 0) is 62.3 Å². The van der Waals surface area contributed by atoms with Crippen LogP contribution in [0, 0.1) is 19.7 Å². The minimum Gasteiger partial charge on any atom is -0.481 e. The molecule has 132 valence electrons. The summed E-state index contributed by atoms with van der Waals surface area (Å²) in [6, 6.07) is 11.7. The van der Waals surface area contributed by atoms with Gasteiger partial charge in [0, 0.05) is 0 Å². The lowest BCUT2D eigenvalue weighted by molar-refractivity contribution is -0.127. The molecule has 0 aromatic heterocycles. The van der Waals surface area contributed by atoms with Crippen molar-refractivity contribution in [1.29, 1.82) is 0 Å². The first-order valence-corrected chi connectivity index (χ1v) is 8.13. The summed E-state index contributed by atoms with van der Waals surface area (Å²) in [7, 11) is 0. The summed E-state index contributed by atoms with van der Waals surface area (Å²) in [6.07, 6.45) is -0.732. The topological polar surface area (TPSA) is 62.4 Å². The van der Waals surface area contributed by atoms with Crippen LogP contribution in [0.15, 0.2) is 42.5 Å². The molecule has 0 saturated heterocycles. The van der Waals surface area contributed by atoms with Gasteiger partial charge in [0.15, 0.2) is 11.2 Å².